The van der Waals surface area contributed by atoms with Crippen molar-refractivity contribution in [1.82, 2.24) is 20.0 Å². The van der Waals surface area contributed by atoms with Crippen LogP contribution in [0.4, 0.5) is 0 Å². The van der Waals surface area contributed by atoms with Crippen molar-refractivity contribution in [3.63, 3.8) is 0 Å². The number of amides is 1. The summed E-state index contributed by atoms with van der Waals surface area (Å²) < 4.78 is 1.76. The largest absolute Gasteiger partial charge is 0.337 e. The predicted molar refractivity (Wildman–Crippen MR) is 91.3 cm³/mol. The van der Waals surface area contributed by atoms with E-state index in [-0.39, 0.29) is 18.3 Å². The lowest BCUT2D eigenvalue weighted by Crippen LogP contribution is -2.38. The number of likely N-dealkylation sites (tertiary alicyclic amines) is 1. The van der Waals surface area contributed by atoms with Crippen molar-refractivity contribution in [2.24, 2.45) is 0 Å². The third-order valence-corrected chi connectivity index (χ3v) is 4.66. The molecular formula is C17H21ClN4O. The lowest BCUT2D eigenvalue weighted by atomic mass is 10.1. The average Bonchev–Trinajstić information content (AvgIpc) is 3.14. The molecule has 0 radical (unpaired) electrons. The van der Waals surface area contributed by atoms with Crippen LogP contribution in [0.25, 0.3) is 5.69 Å². The first kappa shape index (κ1) is 16.0. The Morgan fingerprint density at radius 1 is 1.13 bits per heavy atom. The van der Waals surface area contributed by atoms with Gasteiger partial charge >= 0.3 is 0 Å². The number of aromatic nitrogens is 2. The lowest BCUT2D eigenvalue weighted by molar-refractivity contribution is 0.0748. The topological polar surface area (TPSA) is 50.2 Å². The molecule has 2 atom stereocenters. The second kappa shape index (κ2) is 6.72. The van der Waals surface area contributed by atoms with Gasteiger partial charge in [0, 0.05) is 31.4 Å². The Hall–Kier alpha value is -1.85. The highest BCUT2D eigenvalue weighted by atomic mass is 35.5. The number of rotatable bonds is 2. The maximum absolute atomic E-state index is 12.7. The van der Waals surface area contributed by atoms with E-state index < -0.39 is 0 Å². The van der Waals surface area contributed by atoms with Crippen LogP contribution in [-0.4, -0.2) is 45.8 Å². The summed E-state index contributed by atoms with van der Waals surface area (Å²) >= 11 is 0. The molecule has 1 amide bonds. The van der Waals surface area contributed by atoms with E-state index in [9.17, 15) is 4.79 Å². The van der Waals surface area contributed by atoms with Crippen molar-refractivity contribution in [2.45, 2.75) is 31.3 Å². The Balaban J connectivity index is 0.00000156. The van der Waals surface area contributed by atoms with Gasteiger partial charge in [-0.3, -0.25) is 4.79 Å². The fourth-order valence-corrected chi connectivity index (χ4v) is 3.47. The van der Waals surface area contributed by atoms with Crippen LogP contribution in [-0.2, 0) is 0 Å². The van der Waals surface area contributed by atoms with Gasteiger partial charge in [0.25, 0.3) is 5.91 Å². The number of nitrogens with one attached hydrogen (secondary N) is 1. The van der Waals surface area contributed by atoms with Crippen LogP contribution < -0.4 is 5.32 Å². The minimum absolute atomic E-state index is 0. The first-order valence-corrected chi connectivity index (χ1v) is 7.95. The number of carbonyl (C=O) groups excluding carboxylic acids is 1. The van der Waals surface area contributed by atoms with Crippen LogP contribution in [0.3, 0.4) is 0 Å². The first-order chi connectivity index (χ1) is 10.8. The zero-order chi connectivity index (χ0) is 14.9. The highest BCUT2D eigenvalue weighted by Crippen LogP contribution is 2.21. The van der Waals surface area contributed by atoms with E-state index in [0.717, 1.165) is 25.2 Å². The van der Waals surface area contributed by atoms with Crippen molar-refractivity contribution in [1.29, 1.82) is 0 Å². The Morgan fingerprint density at radius 3 is 2.74 bits per heavy atom. The summed E-state index contributed by atoms with van der Waals surface area (Å²) in [7, 11) is 0. The van der Waals surface area contributed by atoms with Crippen LogP contribution in [0.2, 0.25) is 0 Å². The summed E-state index contributed by atoms with van der Waals surface area (Å²) in [6, 6.07) is 10.9. The standard InChI is InChI=1S/C17H20N4O.ClH/c22-17(20-9-8-14-6-7-15(12-20)19-14)13-10-18-21(11-13)16-4-2-1-3-5-16;/h1-5,10-11,14-15,19H,6-9,12H2;1H. The minimum atomic E-state index is 0. The number of nitrogens with zero attached hydrogens (tertiary/aromatic N) is 3. The molecule has 23 heavy (non-hydrogen) atoms. The quantitative estimate of drug-likeness (QED) is 0.917. The molecule has 2 aromatic rings. The van der Waals surface area contributed by atoms with Gasteiger partial charge in [0.1, 0.15) is 0 Å². The molecule has 2 bridgehead atoms. The van der Waals surface area contributed by atoms with Gasteiger partial charge in [-0.25, -0.2) is 4.68 Å². The molecule has 2 aliphatic heterocycles. The molecule has 2 aliphatic rings. The Bertz CT molecular complexity index is 672. The average molecular weight is 333 g/mol. The van der Waals surface area contributed by atoms with E-state index in [0.29, 0.717) is 17.6 Å². The zero-order valence-electron chi connectivity index (χ0n) is 12.9. The number of carbonyl (C=O) groups is 1. The van der Waals surface area contributed by atoms with Crippen molar-refractivity contribution >= 4 is 18.3 Å². The third kappa shape index (κ3) is 3.26. The summed E-state index contributed by atoms with van der Waals surface area (Å²) in [4.78, 5) is 14.7. The fourth-order valence-electron chi connectivity index (χ4n) is 3.47. The molecular weight excluding hydrogens is 312 g/mol. The maximum Gasteiger partial charge on any atom is 0.257 e. The molecule has 0 spiro atoms. The van der Waals surface area contributed by atoms with Crippen LogP contribution in [0.15, 0.2) is 42.7 Å². The summed E-state index contributed by atoms with van der Waals surface area (Å²) in [6.07, 6.45) is 6.98. The van der Waals surface area contributed by atoms with Crippen LogP contribution >= 0.6 is 12.4 Å². The molecule has 4 rings (SSSR count). The molecule has 2 saturated heterocycles. The fraction of sp³-hybridized carbons (Fsp3) is 0.412. The van der Waals surface area contributed by atoms with Crippen molar-refractivity contribution in [2.75, 3.05) is 13.1 Å². The van der Waals surface area contributed by atoms with Gasteiger partial charge in [0.05, 0.1) is 17.4 Å². The SMILES string of the molecule is Cl.O=C(c1cnn(-c2ccccc2)c1)N1CCC2CCC(C1)N2. The van der Waals surface area contributed by atoms with E-state index in [1.807, 2.05) is 41.4 Å². The number of halogens is 1. The molecule has 1 N–H and O–H groups in total. The van der Waals surface area contributed by atoms with Crippen molar-refractivity contribution < 1.29 is 4.79 Å². The van der Waals surface area contributed by atoms with Gasteiger partial charge in [0.2, 0.25) is 0 Å². The molecule has 122 valence electrons. The van der Waals surface area contributed by atoms with E-state index in [4.69, 9.17) is 0 Å². The smallest absolute Gasteiger partial charge is 0.257 e. The predicted octanol–water partition coefficient (Wildman–Crippen LogP) is 2.26. The van der Waals surface area contributed by atoms with E-state index in [1.54, 1.807) is 10.9 Å². The highest BCUT2D eigenvalue weighted by molar-refractivity contribution is 5.93. The van der Waals surface area contributed by atoms with E-state index >= 15 is 0 Å². The van der Waals surface area contributed by atoms with Crippen LogP contribution in [0.5, 0.6) is 0 Å². The third-order valence-electron chi connectivity index (χ3n) is 4.66. The van der Waals surface area contributed by atoms with Gasteiger partial charge in [-0.15, -0.1) is 12.4 Å². The Labute approximate surface area is 142 Å². The normalized spacial score (nSPS) is 23.2. The second-order valence-electron chi connectivity index (χ2n) is 6.19. The molecule has 3 heterocycles. The molecule has 2 unspecified atom stereocenters. The number of hydrogen-bond acceptors (Lipinski definition) is 3. The number of hydrogen-bond donors (Lipinski definition) is 1. The molecule has 0 saturated carbocycles. The first-order valence-electron chi connectivity index (χ1n) is 7.95. The molecule has 1 aromatic heterocycles. The summed E-state index contributed by atoms with van der Waals surface area (Å²) in [6.45, 7) is 1.65. The Morgan fingerprint density at radius 2 is 1.91 bits per heavy atom. The molecule has 5 nitrogen and oxygen atoms in total. The Kier molecular flexibility index (Phi) is 4.68. The highest BCUT2D eigenvalue weighted by Gasteiger charge is 2.31. The van der Waals surface area contributed by atoms with Gasteiger partial charge in [-0.05, 0) is 31.4 Å². The number of benzene rings is 1. The van der Waals surface area contributed by atoms with Gasteiger partial charge in [-0.1, -0.05) is 18.2 Å². The van der Waals surface area contributed by atoms with Gasteiger partial charge < -0.3 is 10.2 Å². The second-order valence-corrected chi connectivity index (χ2v) is 6.19. The molecule has 2 fully saturated rings. The number of fused-ring (bicyclic) bond motifs is 2. The molecule has 6 heteroatoms. The molecule has 0 aliphatic carbocycles. The molecule has 1 aromatic carbocycles. The van der Waals surface area contributed by atoms with Crippen LogP contribution in [0.1, 0.15) is 29.6 Å². The van der Waals surface area contributed by atoms with Gasteiger partial charge in [0.15, 0.2) is 0 Å². The minimum Gasteiger partial charge on any atom is -0.337 e. The van der Waals surface area contributed by atoms with Crippen molar-refractivity contribution in [3.05, 3.63) is 48.3 Å². The lowest BCUT2D eigenvalue weighted by Gasteiger charge is -2.23. The van der Waals surface area contributed by atoms with Crippen molar-refractivity contribution in [3.8, 4) is 5.69 Å². The van der Waals surface area contributed by atoms with Gasteiger partial charge in [-0.2, -0.15) is 5.10 Å². The van der Waals surface area contributed by atoms with Crippen LogP contribution in [0, 0.1) is 0 Å². The summed E-state index contributed by atoms with van der Waals surface area (Å²) in [5.41, 5.74) is 1.64. The van der Waals surface area contributed by atoms with E-state index in [1.165, 1.54) is 12.8 Å². The zero-order valence-corrected chi connectivity index (χ0v) is 13.7. The summed E-state index contributed by atoms with van der Waals surface area (Å²) in [5.74, 6) is 0.0940. The monoisotopic (exact) mass is 332 g/mol. The summed E-state index contributed by atoms with van der Waals surface area (Å²) in [5, 5.41) is 7.93. The van der Waals surface area contributed by atoms with E-state index in [2.05, 4.69) is 10.4 Å². The maximum atomic E-state index is 12.7. The number of para-hydroxylation sites is 1.